The van der Waals surface area contributed by atoms with Crippen molar-refractivity contribution in [3.05, 3.63) is 71.7 Å². The van der Waals surface area contributed by atoms with E-state index in [1.807, 2.05) is 24.7 Å². The average Bonchev–Trinajstić information content (AvgIpc) is 3.09. The van der Waals surface area contributed by atoms with Crippen LogP contribution >= 0.6 is 0 Å². The number of hydrogen-bond donors (Lipinski definition) is 0. The summed E-state index contributed by atoms with van der Waals surface area (Å²) in [5.74, 6) is 0.495. The lowest BCUT2D eigenvalue weighted by Gasteiger charge is -2.12. The molecule has 0 atom stereocenters. The summed E-state index contributed by atoms with van der Waals surface area (Å²) in [5, 5.41) is 0. The van der Waals surface area contributed by atoms with Crippen LogP contribution in [0, 0.1) is 0 Å². The highest BCUT2D eigenvalue weighted by molar-refractivity contribution is 5.88. The van der Waals surface area contributed by atoms with Gasteiger partial charge in [-0.25, -0.2) is 0 Å². The summed E-state index contributed by atoms with van der Waals surface area (Å²) in [6.07, 6.45) is 5.69. The molecule has 0 radical (unpaired) electrons. The van der Waals surface area contributed by atoms with Crippen LogP contribution in [-0.2, 0) is 6.54 Å². The zero-order valence-electron chi connectivity index (χ0n) is 13.9. The molecule has 0 fully saturated rings. The summed E-state index contributed by atoms with van der Waals surface area (Å²) in [6, 6.07) is 14.9. The van der Waals surface area contributed by atoms with Crippen molar-refractivity contribution in [1.82, 2.24) is 9.97 Å². The third-order valence-corrected chi connectivity index (χ3v) is 4.42. The van der Waals surface area contributed by atoms with E-state index in [0.717, 1.165) is 33.6 Å². The summed E-state index contributed by atoms with van der Waals surface area (Å²) in [4.78, 5) is 13.5. The topological polar surface area (TPSA) is 38.1 Å². The van der Waals surface area contributed by atoms with Gasteiger partial charge in [-0.2, -0.15) is 0 Å². The molecule has 0 amide bonds. The van der Waals surface area contributed by atoms with Crippen LogP contribution in [0.1, 0.15) is 36.6 Å². The highest BCUT2D eigenvalue weighted by Gasteiger charge is 2.13. The van der Waals surface area contributed by atoms with E-state index in [-0.39, 0.29) is 0 Å². The lowest BCUT2D eigenvalue weighted by atomic mass is 9.95. The molecule has 0 N–H and O–H groups in total. The van der Waals surface area contributed by atoms with E-state index in [9.17, 15) is 0 Å². The van der Waals surface area contributed by atoms with Gasteiger partial charge in [0.05, 0.1) is 17.9 Å². The SMILES string of the molecule is CC(C)c1cccc(-c2ncccc2-c2cnc3c(c2)C=NC3)c1. The molecule has 4 rings (SSSR count). The van der Waals surface area contributed by atoms with Gasteiger partial charge in [-0.15, -0.1) is 0 Å². The van der Waals surface area contributed by atoms with Crippen molar-refractivity contribution in [2.75, 3.05) is 0 Å². The molecule has 1 aliphatic heterocycles. The lowest BCUT2D eigenvalue weighted by molar-refractivity contribution is 0.867. The molecule has 0 bridgehead atoms. The second-order valence-electron chi connectivity index (χ2n) is 6.41. The summed E-state index contributed by atoms with van der Waals surface area (Å²) in [7, 11) is 0. The van der Waals surface area contributed by atoms with Crippen molar-refractivity contribution < 1.29 is 0 Å². The van der Waals surface area contributed by atoms with Crippen molar-refractivity contribution >= 4 is 6.21 Å². The molecule has 2 aromatic heterocycles. The summed E-state index contributed by atoms with van der Waals surface area (Å²) in [6.45, 7) is 5.11. The Kier molecular flexibility index (Phi) is 3.69. The van der Waals surface area contributed by atoms with E-state index in [0.29, 0.717) is 12.5 Å². The maximum atomic E-state index is 4.66. The molecular weight excluding hydrogens is 294 g/mol. The monoisotopic (exact) mass is 313 g/mol. The molecular formula is C21H19N3. The van der Waals surface area contributed by atoms with Crippen molar-refractivity contribution in [2.24, 2.45) is 4.99 Å². The van der Waals surface area contributed by atoms with Gasteiger partial charge in [-0.05, 0) is 29.7 Å². The molecule has 0 spiro atoms. The van der Waals surface area contributed by atoms with Crippen LogP contribution in [0.25, 0.3) is 22.4 Å². The minimum absolute atomic E-state index is 0.495. The fourth-order valence-electron chi connectivity index (χ4n) is 3.05. The standard InChI is InChI=1S/C21H19N3/c1-14(2)15-5-3-6-16(9-15)21-19(7-4-8-23-21)17-10-18-11-22-13-20(18)24-12-17/h3-12,14H,13H2,1-2H3. The van der Waals surface area contributed by atoms with Crippen LogP contribution in [0.4, 0.5) is 0 Å². The minimum Gasteiger partial charge on any atom is -0.286 e. The van der Waals surface area contributed by atoms with Crippen LogP contribution < -0.4 is 0 Å². The quantitative estimate of drug-likeness (QED) is 0.692. The maximum Gasteiger partial charge on any atom is 0.0818 e. The van der Waals surface area contributed by atoms with Crippen molar-refractivity contribution in [1.29, 1.82) is 0 Å². The Morgan fingerprint density at radius 3 is 2.75 bits per heavy atom. The van der Waals surface area contributed by atoms with Crippen molar-refractivity contribution in [2.45, 2.75) is 26.3 Å². The number of aromatic nitrogens is 2. The molecule has 3 aromatic rings. The highest BCUT2D eigenvalue weighted by Crippen LogP contribution is 2.32. The van der Waals surface area contributed by atoms with E-state index >= 15 is 0 Å². The highest BCUT2D eigenvalue weighted by atomic mass is 14.8. The maximum absolute atomic E-state index is 4.66. The summed E-state index contributed by atoms with van der Waals surface area (Å²) in [5.41, 5.74) is 7.81. The molecule has 3 nitrogen and oxygen atoms in total. The Labute approximate surface area is 142 Å². The van der Waals surface area contributed by atoms with E-state index in [4.69, 9.17) is 0 Å². The molecule has 118 valence electrons. The zero-order chi connectivity index (χ0) is 16.5. The first-order chi connectivity index (χ1) is 11.7. The molecule has 0 unspecified atom stereocenters. The Morgan fingerprint density at radius 1 is 0.958 bits per heavy atom. The number of hydrogen-bond acceptors (Lipinski definition) is 3. The third-order valence-electron chi connectivity index (χ3n) is 4.42. The predicted molar refractivity (Wildman–Crippen MR) is 98.3 cm³/mol. The van der Waals surface area contributed by atoms with Crippen LogP contribution in [0.15, 0.2) is 59.9 Å². The van der Waals surface area contributed by atoms with E-state index < -0.39 is 0 Å². The van der Waals surface area contributed by atoms with Crippen molar-refractivity contribution in [3.63, 3.8) is 0 Å². The van der Waals surface area contributed by atoms with Crippen LogP contribution in [0.5, 0.6) is 0 Å². The normalized spacial score (nSPS) is 12.6. The number of pyridine rings is 2. The largest absolute Gasteiger partial charge is 0.286 e. The first-order valence-corrected chi connectivity index (χ1v) is 8.27. The van der Waals surface area contributed by atoms with Gasteiger partial charge in [-0.1, -0.05) is 38.1 Å². The number of rotatable bonds is 3. The number of fused-ring (bicyclic) bond motifs is 1. The molecule has 1 aromatic carbocycles. The molecule has 3 heterocycles. The Morgan fingerprint density at radius 2 is 1.88 bits per heavy atom. The molecule has 1 aliphatic rings. The van der Waals surface area contributed by atoms with Gasteiger partial charge in [0.2, 0.25) is 0 Å². The van der Waals surface area contributed by atoms with E-state index in [1.165, 1.54) is 5.56 Å². The number of aliphatic imine (C=N–C) groups is 1. The molecule has 0 saturated heterocycles. The van der Waals surface area contributed by atoms with Gasteiger partial charge in [0, 0.05) is 40.9 Å². The number of benzene rings is 1. The molecule has 0 saturated carbocycles. The molecule has 3 heteroatoms. The summed E-state index contributed by atoms with van der Waals surface area (Å²) >= 11 is 0. The van der Waals surface area contributed by atoms with Crippen LogP contribution in [0.3, 0.4) is 0 Å². The summed E-state index contributed by atoms with van der Waals surface area (Å²) < 4.78 is 0. The van der Waals surface area contributed by atoms with E-state index in [2.05, 4.69) is 65.2 Å². The fraction of sp³-hybridized carbons (Fsp3) is 0.190. The van der Waals surface area contributed by atoms with Crippen LogP contribution in [-0.4, -0.2) is 16.2 Å². The average molecular weight is 313 g/mol. The zero-order valence-corrected chi connectivity index (χ0v) is 13.9. The van der Waals surface area contributed by atoms with Gasteiger partial charge in [0.25, 0.3) is 0 Å². The second kappa shape index (κ2) is 6.00. The predicted octanol–water partition coefficient (Wildman–Crippen LogP) is 4.87. The Bertz CT molecular complexity index is 926. The first-order valence-electron chi connectivity index (χ1n) is 8.27. The first kappa shape index (κ1) is 14.8. The van der Waals surface area contributed by atoms with Gasteiger partial charge in [0.15, 0.2) is 0 Å². The van der Waals surface area contributed by atoms with Gasteiger partial charge in [0.1, 0.15) is 0 Å². The second-order valence-corrected chi connectivity index (χ2v) is 6.41. The smallest absolute Gasteiger partial charge is 0.0818 e. The van der Waals surface area contributed by atoms with Crippen molar-refractivity contribution in [3.8, 4) is 22.4 Å². The van der Waals surface area contributed by atoms with Gasteiger partial charge in [-0.3, -0.25) is 15.0 Å². The van der Waals surface area contributed by atoms with Crippen LogP contribution in [0.2, 0.25) is 0 Å². The third kappa shape index (κ3) is 2.62. The fourth-order valence-corrected chi connectivity index (χ4v) is 3.05. The molecule has 0 aliphatic carbocycles. The van der Waals surface area contributed by atoms with Gasteiger partial charge >= 0.3 is 0 Å². The molecule has 24 heavy (non-hydrogen) atoms. The van der Waals surface area contributed by atoms with Gasteiger partial charge < -0.3 is 0 Å². The number of nitrogens with zero attached hydrogens (tertiary/aromatic N) is 3. The van der Waals surface area contributed by atoms with E-state index in [1.54, 1.807) is 0 Å². The Balaban J connectivity index is 1.84. The minimum atomic E-state index is 0.495. The Hall–Kier alpha value is -2.81. The lowest BCUT2D eigenvalue weighted by Crippen LogP contribution is -1.95.